The third kappa shape index (κ3) is 6.81. The lowest BCUT2D eigenvalue weighted by Crippen LogP contribution is -2.25. The van der Waals surface area contributed by atoms with Crippen LogP contribution in [0.4, 0.5) is 26.9 Å². The number of amides is 4. The number of urea groups is 2. The molecule has 12 heteroatoms. The second-order valence-corrected chi connectivity index (χ2v) is 10.8. The molecule has 3 aromatic heterocycles. The molecule has 0 radical (unpaired) electrons. The molecule has 12 nitrogen and oxygen atoms in total. The van der Waals surface area contributed by atoms with Crippen molar-refractivity contribution < 1.29 is 14.3 Å². The fourth-order valence-corrected chi connectivity index (χ4v) is 4.32. The fourth-order valence-electron chi connectivity index (χ4n) is 4.32. The Balaban J connectivity index is 1.35. The molecule has 5 rings (SSSR count). The number of hydrogen-bond donors (Lipinski definition) is 5. The molecule has 5 aromatic rings. The Hall–Kier alpha value is -5.65. The quantitative estimate of drug-likeness (QED) is 0.174. The number of H-pyrrole nitrogens is 1. The molecular weight excluding hydrogens is 548 g/mol. The molecule has 0 saturated heterocycles. The zero-order chi connectivity index (χ0) is 30.6. The number of pyridine rings is 2. The predicted molar refractivity (Wildman–Crippen MR) is 166 cm³/mol. The minimum Gasteiger partial charge on any atom is -0.488 e. The molecule has 0 bridgehead atoms. The van der Waals surface area contributed by atoms with E-state index in [4.69, 9.17) is 4.74 Å². The average Bonchev–Trinajstić information content (AvgIpc) is 3.41. The van der Waals surface area contributed by atoms with Crippen LogP contribution in [-0.4, -0.2) is 38.9 Å². The number of nitrogens with zero attached hydrogens (tertiary/aromatic N) is 3. The van der Waals surface area contributed by atoms with Crippen molar-refractivity contribution in [3.63, 3.8) is 0 Å². The highest BCUT2D eigenvalue weighted by atomic mass is 16.5. The van der Waals surface area contributed by atoms with Crippen LogP contribution in [0.15, 0.2) is 83.9 Å². The first-order valence-electron chi connectivity index (χ1n) is 13.6. The first-order valence-corrected chi connectivity index (χ1v) is 13.6. The summed E-state index contributed by atoms with van der Waals surface area (Å²) in [6.45, 7) is 6.33. The summed E-state index contributed by atoms with van der Waals surface area (Å²) in [4.78, 5) is 43.3. The Kier molecular flexibility index (Phi) is 8.10. The SMILES string of the molecule is CNC(=O)Nc1cc(COc2ccc(NC(=O)Nc3cc(C(C)(C)C)nn3-c3ccc(=O)[nH]c3)c3ccccc23)ccn1. The Morgan fingerprint density at radius 2 is 1.72 bits per heavy atom. The number of hydrogen-bond acceptors (Lipinski definition) is 6. The molecule has 0 saturated carbocycles. The van der Waals surface area contributed by atoms with Crippen molar-refractivity contribution in [1.29, 1.82) is 0 Å². The Morgan fingerprint density at radius 3 is 2.44 bits per heavy atom. The summed E-state index contributed by atoms with van der Waals surface area (Å²) in [5, 5.41) is 17.3. The third-order valence-electron chi connectivity index (χ3n) is 6.55. The van der Waals surface area contributed by atoms with Crippen LogP contribution in [0.3, 0.4) is 0 Å². The van der Waals surface area contributed by atoms with Crippen molar-refractivity contribution >= 4 is 40.2 Å². The number of nitrogens with one attached hydrogen (secondary N) is 5. The predicted octanol–water partition coefficient (Wildman–Crippen LogP) is 5.38. The molecular formula is C31H32N8O4. The minimum absolute atomic E-state index is 0.234. The molecule has 0 spiro atoms. The molecule has 0 fully saturated rings. The van der Waals surface area contributed by atoms with E-state index in [1.54, 1.807) is 47.4 Å². The van der Waals surface area contributed by atoms with E-state index < -0.39 is 6.03 Å². The van der Waals surface area contributed by atoms with Crippen molar-refractivity contribution in [1.82, 2.24) is 25.1 Å². The summed E-state index contributed by atoms with van der Waals surface area (Å²) in [5.74, 6) is 1.49. The molecule has 5 N–H and O–H groups in total. The largest absolute Gasteiger partial charge is 0.488 e. The molecule has 43 heavy (non-hydrogen) atoms. The average molecular weight is 581 g/mol. The first-order chi connectivity index (χ1) is 20.6. The number of benzene rings is 2. The van der Waals surface area contributed by atoms with Crippen LogP contribution >= 0.6 is 0 Å². The highest BCUT2D eigenvalue weighted by molar-refractivity contribution is 6.07. The summed E-state index contributed by atoms with van der Waals surface area (Å²) in [5.41, 5.74) is 2.27. The van der Waals surface area contributed by atoms with Gasteiger partial charge in [-0.05, 0) is 35.9 Å². The maximum Gasteiger partial charge on any atom is 0.324 e. The number of carbonyl (C=O) groups is 2. The normalized spacial score (nSPS) is 11.2. The minimum atomic E-state index is -0.460. The molecule has 0 atom stereocenters. The summed E-state index contributed by atoms with van der Waals surface area (Å²) in [6, 6.07) is 18.8. The highest BCUT2D eigenvalue weighted by Gasteiger charge is 2.22. The number of rotatable bonds is 7. The summed E-state index contributed by atoms with van der Waals surface area (Å²) in [7, 11) is 1.53. The Bertz CT molecular complexity index is 1830. The van der Waals surface area contributed by atoms with Crippen molar-refractivity contribution in [2.24, 2.45) is 0 Å². The van der Waals surface area contributed by atoms with Crippen LogP contribution in [-0.2, 0) is 12.0 Å². The lowest BCUT2D eigenvalue weighted by atomic mass is 9.92. The number of fused-ring (bicyclic) bond motifs is 1. The van der Waals surface area contributed by atoms with E-state index in [1.807, 2.05) is 51.1 Å². The zero-order valence-corrected chi connectivity index (χ0v) is 24.2. The van der Waals surface area contributed by atoms with Gasteiger partial charge in [-0.1, -0.05) is 45.0 Å². The van der Waals surface area contributed by atoms with E-state index in [2.05, 4.69) is 36.3 Å². The number of ether oxygens (including phenoxy) is 1. The molecule has 0 aliphatic heterocycles. The van der Waals surface area contributed by atoms with Crippen molar-refractivity contribution in [2.75, 3.05) is 23.0 Å². The van der Waals surface area contributed by atoms with Gasteiger partial charge in [0, 0.05) is 47.8 Å². The van der Waals surface area contributed by atoms with Gasteiger partial charge in [0.1, 0.15) is 24.0 Å². The van der Waals surface area contributed by atoms with Crippen LogP contribution < -0.4 is 31.6 Å². The molecule has 2 aromatic carbocycles. The molecule has 3 heterocycles. The van der Waals surface area contributed by atoms with Gasteiger partial charge in [0.25, 0.3) is 0 Å². The number of aromatic amines is 1. The maximum absolute atomic E-state index is 13.3. The van der Waals surface area contributed by atoms with Crippen molar-refractivity contribution in [3.8, 4) is 11.4 Å². The van der Waals surface area contributed by atoms with Gasteiger partial charge in [-0.25, -0.2) is 19.3 Å². The van der Waals surface area contributed by atoms with E-state index in [9.17, 15) is 14.4 Å². The summed E-state index contributed by atoms with van der Waals surface area (Å²) < 4.78 is 7.72. The van der Waals surface area contributed by atoms with Gasteiger partial charge in [-0.2, -0.15) is 5.10 Å². The van der Waals surface area contributed by atoms with E-state index in [-0.39, 0.29) is 23.6 Å². The number of carbonyl (C=O) groups excluding carboxylic acids is 2. The van der Waals surface area contributed by atoms with Gasteiger partial charge in [0.2, 0.25) is 5.56 Å². The molecule has 220 valence electrons. The monoisotopic (exact) mass is 580 g/mol. The third-order valence-corrected chi connectivity index (χ3v) is 6.55. The van der Waals surface area contributed by atoms with Crippen LogP contribution in [0, 0.1) is 0 Å². The van der Waals surface area contributed by atoms with Gasteiger partial charge < -0.3 is 20.4 Å². The number of anilines is 3. The van der Waals surface area contributed by atoms with Gasteiger partial charge in [-0.3, -0.25) is 15.4 Å². The smallest absolute Gasteiger partial charge is 0.324 e. The second kappa shape index (κ2) is 12.1. The summed E-state index contributed by atoms with van der Waals surface area (Å²) >= 11 is 0. The van der Waals surface area contributed by atoms with Crippen LogP contribution in [0.1, 0.15) is 32.0 Å². The first kappa shape index (κ1) is 28.9. The van der Waals surface area contributed by atoms with Crippen molar-refractivity contribution in [3.05, 3.63) is 101 Å². The van der Waals surface area contributed by atoms with Gasteiger partial charge in [-0.15, -0.1) is 0 Å². The Morgan fingerprint density at radius 1 is 0.930 bits per heavy atom. The zero-order valence-electron chi connectivity index (χ0n) is 24.2. The lowest BCUT2D eigenvalue weighted by molar-refractivity contribution is 0.253. The summed E-state index contributed by atoms with van der Waals surface area (Å²) in [6.07, 6.45) is 3.14. The maximum atomic E-state index is 13.3. The molecule has 0 aliphatic carbocycles. The van der Waals surface area contributed by atoms with Crippen LogP contribution in [0.25, 0.3) is 16.5 Å². The topological polar surface area (TPSA) is 155 Å². The highest BCUT2D eigenvalue weighted by Crippen LogP contribution is 2.33. The fraction of sp³-hybridized carbons (Fsp3) is 0.194. The van der Waals surface area contributed by atoms with Crippen molar-refractivity contribution in [2.45, 2.75) is 32.8 Å². The Labute approximate surface area is 247 Å². The molecule has 0 aliphatic rings. The van der Waals surface area contributed by atoms with E-state index in [0.717, 1.165) is 22.0 Å². The number of aromatic nitrogens is 4. The van der Waals surface area contributed by atoms with Crippen LogP contribution in [0.5, 0.6) is 5.75 Å². The van der Waals surface area contributed by atoms with Crippen LogP contribution in [0.2, 0.25) is 0 Å². The standard InChI is InChI=1S/C31H32N8O4/c1-31(2,3)25-16-27(39(38-25)20-9-12-28(40)34-17-20)37-30(42)35-23-10-11-24(22-8-6-5-7-21(22)23)43-18-19-13-14-33-26(15-19)36-29(41)32-4/h5-17H,18H2,1-4H3,(H,34,40)(H2,35,37,42)(H2,32,33,36,41). The van der Waals surface area contributed by atoms with Gasteiger partial charge in [0.05, 0.1) is 17.1 Å². The van der Waals surface area contributed by atoms with E-state index in [0.29, 0.717) is 28.8 Å². The van der Waals surface area contributed by atoms with E-state index >= 15 is 0 Å². The lowest BCUT2D eigenvalue weighted by Gasteiger charge is -2.14. The molecule has 4 amide bonds. The molecule has 0 unspecified atom stereocenters. The second-order valence-electron chi connectivity index (χ2n) is 10.8. The van der Waals surface area contributed by atoms with Gasteiger partial charge in [0.15, 0.2) is 0 Å². The van der Waals surface area contributed by atoms with Gasteiger partial charge >= 0.3 is 12.1 Å². The van der Waals surface area contributed by atoms with E-state index in [1.165, 1.54) is 13.1 Å².